The second kappa shape index (κ2) is 7.73. The summed E-state index contributed by atoms with van der Waals surface area (Å²) in [6.07, 6.45) is 7.07. The van der Waals surface area contributed by atoms with Crippen LogP contribution in [0.5, 0.6) is 0 Å². The zero-order valence-electron chi connectivity index (χ0n) is 20.2. The van der Waals surface area contributed by atoms with Crippen LogP contribution in [0.15, 0.2) is 84.9 Å². The molecule has 4 aromatic rings. The third kappa shape index (κ3) is 2.89. The summed E-state index contributed by atoms with van der Waals surface area (Å²) in [4.78, 5) is 0. The van der Waals surface area contributed by atoms with Gasteiger partial charge in [0.25, 0.3) is 0 Å². The summed E-state index contributed by atoms with van der Waals surface area (Å²) in [5, 5.41) is 1.57. The van der Waals surface area contributed by atoms with E-state index >= 15 is 0 Å². The number of hydrogen-bond donors (Lipinski definition) is 0. The lowest BCUT2D eigenvalue weighted by Gasteiger charge is -2.61. The lowest BCUT2D eigenvalue weighted by Crippen LogP contribution is -2.55. The van der Waals surface area contributed by atoms with Gasteiger partial charge in [-0.05, 0) is 131 Å². The van der Waals surface area contributed by atoms with Crippen molar-refractivity contribution in [3.63, 3.8) is 0 Å². The van der Waals surface area contributed by atoms with Crippen molar-refractivity contribution in [2.75, 3.05) is 0 Å². The van der Waals surface area contributed by atoms with E-state index in [2.05, 4.69) is 60.7 Å². The van der Waals surface area contributed by atoms with Gasteiger partial charge in [0.1, 0.15) is 0 Å². The maximum atomic E-state index is 6.29. The molecule has 0 amide bonds. The highest BCUT2D eigenvalue weighted by Crippen LogP contribution is 2.70. The fourth-order valence-corrected chi connectivity index (χ4v) is 9.20. The van der Waals surface area contributed by atoms with E-state index in [0.29, 0.717) is 0 Å². The van der Waals surface area contributed by atoms with Crippen LogP contribution in [0.25, 0.3) is 33.4 Å². The van der Waals surface area contributed by atoms with Gasteiger partial charge >= 0.3 is 0 Å². The van der Waals surface area contributed by atoms with E-state index in [9.17, 15) is 0 Å². The van der Waals surface area contributed by atoms with E-state index in [1.165, 1.54) is 65.5 Å². The largest absolute Gasteiger partial charge is 0.0843 e. The molecular weight excluding hydrogens is 479 g/mol. The first-order valence-electron chi connectivity index (χ1n) is 13.4. The molecule has 178 valence electrons. The maximum absolute atomic E-state index is 6.29. The van der Waals surface area contributed by atoms with Gasteiger partial charge in [-0.25, -0.2) is 0 Å². The van der Waals surface area contributed by atoms with Gasteiger partial charge in [-0.3, -0.25) is 0 Å². The van der Waals surface area contributed by atoms with Gasteiger partial charge in [-0.1, -0.05) is 77.8 Å². The number of hydrogen-bond acceptors (Lipinski definition) is 0. The Morgan fingerprint density at radius 2 is 1.11 bits per heavy atom. The molecule has 5 aliphatic carbocycles. The molecule has 0 unspecified atom stereocenters. The highest BCUT2D eigenvalue weighted by Gasteiger charge is 2.61. The molecule has 0 aromatic heterocycles. The molecule has 0 N–H and O–H groups in total. The van der Waals surface area contributed by atoms with Crippen molar-refractivity contribution in [1.82, 2.24) is 0 Å². The molecule has 9 rings (SSSR count). The quantitative estimate of drug-likeness (QED) is 0.253. The summed E-state index contributed by atoms with van der Waals surface area (Å²) in [6.45, 7) is 0. The zero-order chi connectivity index (χ0) is 24.0. The smallest absolute Gasteiger partial charge is 0.0406 e. The van der Waals surface area contributed by atoms with Crippen molar-refractivity contribution in [2.45, 2.75) is 37.5 Å². The van der Waals surface area contributed by atoms with Crippen molar-refractivity contribution in [3.05, 3.63) is 106 Å². The molecule has 0 saturated heterocycles. The van der Waals surface area contributed by atoms with Gasteiger partial charge in [0, 0.05) is 15.5 Å². The summed E-state index contributed by atoms with van der Waals surface area (Å²) < 4.78 is 0. The minimum absolute atomic E-state index is 0.166. The van der Waals surface area contributed by atoms with E-state index in [-0.39, 0.29) is 5.41 Å². The Morgan fingerprint density at radius 1 is 0.528 bits per heavy atom. The fraction of sp³-hybridized carbons (Fsp3) is 0.294. The first kappa shape index (κ1) is 21.5. The van der Waals surface area contributed by atoms with E-state index in [1.807, 2.05) is 24.3 Å². The van der Waals surface area contributed by atoms with E-state index in [4.69, 9.17) is 23.2 Å². The van der Waals surface area contributed by atoms with Crippen LogP contribution in [0.1, 0.15) is 43.2 Å². The minimum Gasteiger partial charge on any atom is -0.0843 e. The highest BCUT2D eigenvalue weighted by atomic mass is 35.5. The molecule has 0 aliphatic heterocycles. The molecule has 4 fully saturated rings. The Balaban J connectivity index is 1.40. The van der Waals surface area contributed by atoms with Crippen molar-refractivity contribution >= 4 is 23.2 Å². The van der Waals surface area contributed by atoms with Crippen LogP contribution in [-0.4, -0.2) is 0 Å². The average Bonchev–Trinajstić information content (AvgIpc) is 3.18. The molecule has 0 nitrogen and oxygen atoms in total. The Labute approximate surface area is 223 Å². The Hall–Kier alpha value is -2.54. The molecule has 2 heteroatoms. The number of rotatable bonds is 2. The van der Waals surface area contributed by atoms with Gasteiger partial charge in [-0.2, -0.15) is 0 Å². The third-order valence-electron chi connectivity index (χ3n) is 10.0. The molecule has 0 radical (unpaired) electrons. The van der Waals surface area contributed by atoms with Gasteiger partial charge in [0.2, 0.25) is 0 Å². The van der Waals surface area contributed by atoms with Crippen molar-refractivity contribution < 1.29 is 0 Å². The first-order chi connectivity index (χ1) is 17.6. The molecule has 4 aromatic carbocycles. The second-order valence-electron chi connectivity index (χ2n) is 11.7. The predicted molar refractivity (Wildman–Crippen MR) is 151 cm³/mol. The standard InChI is InChI=1S/C34H28Cl2/c35-27-9-4-22(5-10-27)24-8-13-31-30(19-24)33-29(23-6-11-28(36)12-7-23)2-1-3-32(33)34(31)25-15-20-14-21(17-25)18-26(34)16-20/h1-13,19-21,25-26H,14-18H2. The highest BCUT2D eigenvalue weighted by molar-refractivity contribution is 6.31. The molecule has 0 heterocycles. The molecule has 1 spiro atoms. The first-order valence-corrected chi connectivity index (χ1v) is 14.2. The summed E-state index contributed by atoms with van der Waals surface area (Å²) in [6, 6.07) is 31.1. The van der Waals surface area contributed by atoms with E-state index < -0.39 is 0 Å². The Bertz CT molecular complexity index is 1470. The Morgan fingerprint density at radius 3 is 1.75 bits per heavy atom. The second-order valence-corrected chi connectivity index (χ2v) is 12.5. The maximum Gasteiger partial charge on any atom is 0.0406 e. The third-order valence-corrected chi connectivity index (χ3v) is 10.5. The normalized spacial score (nSPS) is 28.9. The monoisotopic (exact) mass is 506 g/mol. The SMILES string of the molecule is Clc1ccc(-c2ccc3c(c2)-c2c(-c4ccc(Cl)cc4)cccc2C32C3CC4CC(C3)CC2C4)cc1. The molecule has 36 heavy (non-hydrogen) atoms. The topological polar surface area (TPSA) is 0 Å². The van der Waals surface area contributed by atoms with Crippen LogP contribution in [0.4, 0.5) is 0 Å². The van der Waals surface area contributed by atoms with Crippen LogP contribution < -0.4 is 0 Å². The fourth-order valence-electron chi connectivity index (χ4n) is 8.94. The zero-order valence-corrected chi connectivity index (χ0v) is 21.7. The van der Waals surface area contributed by atoms with Gasteiger partial charge < -0.3 is 0 Å². The molecule has 5 aliphatic rings. The number of fused-ring (bicyclic) bond motifs is 3. The molecule has 0 atom stereocenters. The number of halogens is 2. The van der Waals surface area contributed by atoms with Crippen LogP contribution in [0, 0.1) is 23.7 Å². The lowest BCUT2D eigenvalue weighted by molar-refractivity contribution is -0.0399. The van der Waals surface area contributed by atoms with Crippen LogP contribution in [0.3, 0.4) is 0 Å². The predicted octanol–water partition coefficient (Wildman–Crippen LogP) is 10.0. The lowest BCUT2D eigenvalue weighted by atomic mass is 9.43. The Kier molecular flexibility index (Phi) is 4.63. The molecule has 4 bridgehead atoms. The number of benzene rings is 4. The van der Waals surface area contributed by atoms with Gasteiger partial charge in [0.05, 0.1) is 0 Å². The van der Waals surface area contributed by atoms with Gasteiger partial charge in [-0.15, -0.1) is 0 Å². The van der Waals surface area contributed by atoms with Crippen molar-refractivity contribution in [3.8, 4) is 33.4 Å². The molecule has 4 saturated carbocycles. The van der Waals surface area contributed by atoms with Crippen LogP contribution in [0.2, 0.25) is 10.0 Å². The summed E-state index contributed by atoms with van der Waals surface area (Å²) >= 11 is 12.5. The summed E-state index contributed by atoms with van der Waals surface area (Å²) in [7, 11) is 0. The molecular formula is C34H28Cl2. The average molecular weight is 508 g/mol. The van der Waals surface area contributed by atoms with Crippen LogP contribution >= 0.6 is 23.2 Å². The van der Waals surface area contributed by atoms with Gasteiger partial charge in [0.15, 0.2) is 0 Å². The van der Waals surface area contributed by atoms with Crippen molar-refractivity contribution in [1.29, 1.82) is 0 Å². The van der Waals surface area contributed by atoms with E-state index in [0.717, 1.165) is 33.7 Å². The van der Waals surface area contributed by atoms with Crippen molar-refractivity contribution in [2.24, 2.45) is 23.7 Å². The minimum atomic E-state index is 0.166. The summed E-state index contributed by atoms with van der Waals surface area (Å²) in [5.41, 5.74) is 11.3. The van der Waals surface area contributed by atoms with Crippen LogP contribution in [-0.2, 0) is 5.41 Å². The summed E-state index contributed by atoms with van der Waals surface area (Å²) in [5.74, 6) is 3.41. The van der Waals surface area contributed by atoms with E-state index in [1.54, 1.807) is 11.1 Å².